The normalized spacial score (nSPS) is 19.1. The maximum atomic E-state index is 13.3. The minimum Gasteiger partial charge on any atom is -0.333 e. The molecular weight excluding hydrogens is 354 g/mol. The molecule has 0 radical (unpaired) electrons. The lowest BCUT2D eigenvalue weighted by Gasteiger charge is -2.26. The first-order valence-electron chi connectivity index (χ1n) is 9.21. The number of nitrogens with zero attached hydrogens (tertiary/aromatic N) is 1. The zero-order chi connectivity index (χ0) is 18.5. The van der Waals surface area contributed by atoms with E-state index < -0.39 is 0 Å². The van der Waals surface area contributed by atoms with Crippen LogP contribution in [0.1, 0.15) is 28.5 Å². The molecule has 4 rings (SSSR count). The van der Waals surface area contributed by atoms with Gasteiger partial charge in [-0.2, -0.15) is 0 Å². The minimum absolute atomic E-state index is 0.134. The lowest BCUT2D eigenvalue weighted by atomic mass is 10.1. The maximum Gasteiger partial charge on any atom is 0.241 e. The monoisotopic (exact) mass is 377 g/mol. The lowest BCUT2D eigenvalue weighted by molar-refractivity contribution is -0.134. The van der Waals surface area contributed by atoms with Crippen molar-refractivity contribution < 1.29 is 4.79 Å². The van der Waals surface area contributed by atoms with Crippen molar-refractivity contribution in [1.82, 2.24) is 15.8 Å². The number of nitrogens with one attached hydrogen (secondary N) is 2. The zero-order valence-electron chi connectivity index (χ0n) is 15.0. The summed E-state index contributed by atoms with van der Waals surface area (Å²) in [5.41, 5.74) is 8.78. The van der Waals surface area contributed by atoms with Gasteiger partial charge in [0.2, 0.25) is 5.91 Å². The van der Waals surface area contributed by atoms with Gasteiger partial charge in [-0.25, -0.2) is 10.9 Å². The van der Waals surface area contributed by atoms with E-state index in [9.17, 15) is 4.79 Å². The maximum absolute atomic E-state index is 13.3. The molecule has 0 aliphatic carbocycles. The highest BCUT2D eigenvalue weighted by Gasteiger charge is 2.33. The fraction of sp³-hybridized carbons (Fsp3) is 0.227. The zero-order valence-corrected chi connectivity index (χ0v) is 15.9. The van der Waals surface area contributed by atoms with Crippen molar-refractivity contribution >= 4 is 17.2 Å². The molecule has 2 heterocycles. The number of carbonyl (C=O) groups is 1. The van der Waals surface area contributed by atoms with E-state index in [2.05, 4.69) is 46.6 Å². The first-order valence-corrected chi connectivity index (χ1v) is 10.1. The van der Waals surface area contributed by atoms with Gasteiger partial charge in [0.1, 0.15) is 6.04 Å². The highest BCUT2D eigenvalue weighted by molar-refractivity contribution is 7.10. The smallest absolute Gasteiger partial charge is 0.241 e. The van der Waals surface area contributed by atoms with Crippen LogP contribution in [-0.2, 0) is 17.9 Å². The van der Waals surface area contributed by atoms with Crippen LogP contribution in [0.15, 0.2) is 78.2 Å². The molecule has 27 heavy (non-hydrogen) atoms. The predicted octanol–water partition coefficient (Wildman–Crippen LogP) is 3.88. The minimum atomic E-state index is -0.218. The number of hydrazine groups is 1. The molecule has 1 amide bonds. The van der Waals surface area contributed by atoms with Crippen LogP contribution in [0.3, 0.4) is 0 Å². The third-order valence-electron chi connectivity index (χ3n) is 4.83. The van der Waals surface area contributed by atoms with Gasteiger partial charge in [0.15, 0.2) is 0 Å². The molecule has 2 atom stereocenters. The summed E-state index contributed by atoms with van der Waals surface area (Å²) < 4.78 is 0. The topological polar surface area (TPSA) is 44.4 Å². The Morgan fingerprint density at radius 1 is 0.889 bits per heavy atom. The molecule has 1 aliphatic rings. The SMILES string of the molecule is O=C(C1CC(c2cccs2)NN1)N(Cc1ccccc1)Cc1ccccc1. The number of amides is 1. The van der Waals surface area contributed by atoms with Crippen LogP contribution in [0.4, 0.5) is 0 Å². The highest BCUT2D eigenvalue weighted by atomic mass is 32.1. The summed E-state index contributed by atoms with van der Waals surface area (Å²) in [6, 6.07) is 24.5. The number of carbonyl (C=O) groups excluding carboxylic acids is 1. The fourth-order valence-corrected chi connectivity index (χ4v) is 4.22. The lowest BCUT2D eigenvalue weighted by Crippen LogP contribution is -2.45. The Labute approximate surface area is 163 Å². The second kappa shape index (κ2) is 8.48. The molecule has 0 bridgehead atoms. The van der Waals surface area contributed by atoms with Gasteiger partial charge in [-0.15, -0.1) is 11.3 Å². The van der Waals surface area contributed by atoms with Crippen molar-refractivity contribution in [3.8, 4) is 0 Å². The Hall–Kier alpha value is -2.47. The van der Waals surface area contributed by atoms with Crippen LogP contribution in [0.5, 0.6) is 0 Å². The van der Waals surface area contributed by atoms with Gasteiger partial charge in [0.05, 0.1) is 6.04 Å². The third-order valence-corrected chi connectivity index (χ3v) is 5.82. The Kier molecular flexibility index (Phi) is 5.63. The summed E-state index contributed by atoms with van der Waals surface area (Å²) in [6.07, 6.45) is 0.763. The van der Waals surface area contributed by atoms with Gasteiger partial charge in [-0.05, 0) is 29.0 Å². The van der Waals surface area contributed by atoms with Crippen LogP contribution in [0.2, 0.25) is 0 Å². The average molecular weight is 378 g/mol. The third kappa shape index (κ3) is 4.45. The van der Waals surface area contributed by atoms with Crippen LogP contribution < -0.4 is 10.9 Å². The van der Waals surface area contributed by atoms with Gasteiger partial charge in [-0.3, -0.25) is 4.79 Å². The van der Waals surface area contributed by atoms with Gasteiger partial charge in [0, 0.05) is 18.0 Å². The van der Waals surface area contributed by atoms with Gasteiger partial charge >= 0.3 is 0 Å². The van der Waals surface area contributed by atoms with Crippen molar-refractivity contribution in [2.24, 2.45) is 0 Å². The van der Waals surface area contributed by atoms with Gasteiger partial charge in [0.25, 0.3) is 0 Å². The molecule has 2 aromatic carbocycles. The molecular formula is C22H23N3OS. The number of benzene rings is 2. The molecule has 5 heteroatoms. The van der Waals surface area contributed by atoms with E-state index in [4.69, 9.17) is 0 Å². The van der Waals surface area contributed by atoms with Crippen LogP contribution >= 0.6 is 11.3 Å². The molecule has 1 aliphatic heterocycles. The molecule has 138 valence electrons. The molecule has 4 nitrogen and oxygen atoms in total. The summed E-state index contributed by atoms with van der Waals surface area (Å²) in [6.45, 7) is 1.22. The highest BCUT2D eigenvalue weighted by Crippen LogP contribution is 2.27. The molecule has 0 spiro atoms. The van der Waals surface area contributed by atoms with E-state index in [0.29, 0.717) is 13.1 Å². The van der Waals surface area contributed by atoms with Crippen LogP contribution in [-0.4, -0.2) is 16.8 Å². The predicted molar refractivity (Wildman–Crippen MR) is 109 cm³/mol. The number of hydrogen-bond acceptors (Lipinski definition) is 4. The molecule has 1 fully saturated rings. The molecule has 3 aromatic rings. The Bertz CT molecular complexity index is 810. The van der Waals surface area contributed by atoms with E-state index in [-0.39, 0.29) is 18.0 Å². The van der Waals surface area contributed by atoms with Gasteiger partial charge in [-0.1, -0.05) is 66.7 Å². The molecule has 2 unspecified atom stereocenters. The second-order valence-corrected chi connectivity index (χ2v) is 7.79. The Morgan fingerprint density at radius 3 is 2.07 bits per heavy atom. The second-order valence-electron chi connectivity index (χ2n) is 6.81. The van der Waals surface area contributed by atoms with E-state index >= 15 is 0 Å². The molecule has 2 N–H and O–H groups in total. The molecule has 1 saturated heterocycles. The standard InChI is InChI=1S/C22H23N3OS/c26-22(20-14-19(23-24-20)21-12-7-13-27-21)25(15-17-8-3-1-4-9-17)16-18-10-5-2-6-11-18/h1-13,19-20,23-24H,14-16H2. The Morgan fingerprint density at radius 2 is 1.52 bits per heavy atom. The largest absolute Gasteiger partial charge is 0.333 e. The quantitative estimate of drug-likeness (QED) is 0.685. The van der Waals surface area contributed by atoms with Crippen molar-refractivity contribution in [1.29, 1.82) is 0 Å². The summed E-state index contributed by atoms with van der Waals surface area (Å²) in [5.74, 6) is 0.134. The van der Waals surface area contributed by atoms with E-state index in [1.165, 1.54) is 4.88 Å². The summed E-state index contributed by atoms with van der Waals surface area (Å²) in [4.78, 5) is 16.5. The van der Waals surface area contributed by atoms with Crippen molar-refractivity contribution in [2.75, 3.05) is 0 Å². The fourth-order valence-electron chi connectivity index (χ4n) is 3.43. The van der Waals surface area contributed by atoms with Crippen molar-refractivity contribution in [3.05, 3.63) is 94.2 Å². The summed E-state index contributed by atoms with van der Waals surface area (Å²) >= 11 is 1.72. The number of hydrogen-bond donors (Lipinski definition) is 2. The van der Waals surface area contributed by atoms with Gasteiger partial charge < -0.3 is 4.90 Å². The summed E-state index contributed by atoms with van der Waals surface area (Å²) in [5, 5.41) is 2.07. The van der Waals surface area contributed by atoms with E-state index in [1.807, 2.05) is 47.4 Å². The summed E-state index contributed by atoms with van der Waals surface area (Å²) in [7, 11) is 0. The first-order chi connectivity index (χ1) is 13.3. The number of thiophene rings is 1. The van der Waals surface area contributed by atoms with E-state index in [0.717, 1.165) is 17.5 Å². The van der Waals surface area contributed by atoms with E-state index in [1.54, 1.807) is 11.3 Å². The van der Waals surface area contributed by atoms with Crippen LogP contribution in [0, 0.1) is 0 Å². The van der Waals surface area contributed by atoms with Crippen LogP contribution in [0.25, 0.3) is 0 Å². The van der Waals surface area contributed by atoms with Crippen molar-refractivity contribution in [2.45, 2.75) is 31.6 Å². The van der Waals surface area contributed by atoms with Crippen molar-refractivity contribution in [3.63, 3.8) is 0 Å². The first kappa shape index (κ1) is 17.9. The number of rotatable bonds is 6. The molecule has 0 saturated carbocycles. The Balaban J connectivity index is 1.49. The molecule has 1 aromatic heterocycles. The average Bonchev–Trinajstić information content (AvgIpc) is 3.40.